The maximum Gasteiger partial charge on any atom is 0.184 e. The third kappa shape index (κ3) is 2.60. The van der Waals surface area contributed by atoms with Crippen molar-refractivity contribution in [1.82, 2.24) is 9.97 Å². The number of anilines is 2. The molecule has 2 aromatic rings. The van der Waals surface area contributed by atoms with E-state index in [1.807, 2.05) is 0 Å². The second kappa shape index (κ2) is 4.65. The van der Waals surface area contributed by atoms with Gasteiger partial charge < -0.3 is 5.32 Å². The fourth-order valence-electron chi connectivity index (χ4n) is 1.32. The molecule has 1 N–H and O–H groups in total. The van der Waals surface area contributed by atoms with Crippen molar-refractivity contribution in [3.05, 3.63) is 47.0 Å². The molecule has 2 rings (SSSR count). The van der Waals surface area contributed by atoms with Gasteiger partial charge in [-0.2, -0.15) is 0 Å². The number of hydrogen-bond donors (Lipinski definition) is 1. The van der Waals surface area contributed by atoms with Crippen LogP contribution in [0.1, 0.15) is 5.82 Å². The smallest absolute Gasteiger partial charge is 0.184 e. The zero-order chi connectivity index (χ0) is 12.3. The van der Waals surface area contributed by atoms with E-state index < -0.39 is 5.82 Å². The summed E-state index contributed by atoms with van der Waals surface area (Å²) in [5.74, 6) is -0.0285. The molecule has 17 heavy (non-hydrogen) atoms. The van der Waals surface area contributed by atoms with Crippen LogP contribution in [0.2, 0.25) is 0 Å². The summed E-state index contributed by atoms with van der Waals surface area (Å²) in [6.45, 7) is 1.66. The average Bonchev–Trinajstić information content (AvgIpc) is 2.34. The summed E-state index contributed by atoms with van der Waals surface area (Å²) >= 11 is 0. The molecule has 0 radical (unpaired) electrons. The third-order valence-electron chi connectivity index (χ3n) is 2.08. The molecule has 0 amide bonds. The first-order valence-electron chi connectivity index (χ1n) is 4.88. The SMILES string of the molecule is Cc1ncc(F)c(Nc2cccc(N=O)c2)n1. The van der Waals surface area contributed by atoms with Gasteiger partial charge in [-0.3, -0.25) is 0 Å². The summed E-state index contributed by atoms with van der Waals surface area (Å²) < 4.78 is 13.4. The highest BCUT2D eigenvalue weighted by molar-refractivity contribution is 5.61. The molecule has 0 aliphatic rings. The van der Waals surface area contributed by atoms with Crippen LogP contribution in [0.25, 0.3) is 0 Å². The van der Waals surface area contributed by atoms with Gasteiger partial charge >= 0.3 is 0 Å². The van der Waals surface area contributed by atoms with Crippen molar-refractivity contribution >= 4 is 17.2 Å². The lowest BCUT2D eigenvalue weighted by molar-refractivity contribution is 0.616. The molecule has 0 aliphatic heterocycles. The lowest BCUT2D eigenvalue weighted by Gasteiger charge is -2.06. The van der Waals surface area contributed by atoms with Crippen LogP contribution >= 0.6 is 0 Å². The summed E-state index contributed by atoms with van der Waals surface area (Å²) in [6, 6.07) is 6.39. The fraction of sp³-hybridized carbons (Fsp3) is 0.0909. The van der Waals surface area contributed by atoms with E-state index in [2.05, 4.69) is 20.5 Å². The molecule has 5 nitrogen and oxygen atoms in total. The van der Waals surface area contributed by atoms with Gasteiger partial charge in [0.05, 0.1) is 6.20 Å². The van der Waals surface area contributed by atoms with Crippen LogP contribution in [0, 0.1) is 17.6 Å². The molecule has 0 saturated heterocycles. The number of halogens is 1. The minimum absolute atomic E-state index is 0.0700. The average molecular weight is 232 g/mol. The molecule has 1 aromatic carbocycles. The number of rotatable bonds is 3. The second-order valence-corrected chi connectivity index (χ2v) is 3.38. The van der Waals surface area contributed by atoms with E-state index in [1.54, 1.807) is 25.1 Å². The zero-order valence-electron chi connectivity index (χ0n) is 9.01. The van der Waals surface area contributed by atoms with Crippen molar-refractivity contribution < 1.29 is 4.39 Å². The van der Waals surface area contributed by atoms with E-state index in [4.69, 9.17) is 0 Å². The Kier molecular flexibility index (Phi) is 3.04. The molecule has 0 saturated carbocycles. The summed E-state index contributed by atoms with van der Waals surface area (Å²) in [5.41, 5.74) is 0.806. The molecular formula is C11H9FN4O. The number of benzene rings is 1. The molecule has 1 aromatic heterocycles. The number of aryl methyl sites for hydroxylation is 1. The lowest BCUT2D eigenvalue weighted by atomic mass is 10.3. The van der Waals surface area contributed by atoms with Crippen molar-refractivity contribution in [2.24, 2.45) is 5.18 Å². The van der Waals surface area contributed by atoms with Crippen LogP contribution in [-0.4, -0.2) is 9.97 Å². The van der Waals surface area contributed by atoms with E-state index in [-0.39, 0.29) is 11.5 Å². The second-order valence-electron chi connectivity index (χ2n) is 3.38. The molecule has 0 aliphatic carbocycles. The molecular weight excluding hydrogens is 223 g/mol. The highest BCUT2D eigenvalue weighted by atomic mass is 19.1. The predicted octanol–water partition coefficient (Wildman–Crippen LogP) is 3.07. The van der Waals surface area contributed by atoms with Crippen molar-refractivity contribution in [2.75, 3.05) is 5.32 Å². The van der Waals surface area contributed by atoms with Gasteiger partial charge in [0.1, 0.15) is 11.5 Å². The number of nitrogens with zero attached hydrogens (tertiary/aromatic N) is 3. The summed E-state index contributed by atoms with van der Waals surface area (Å²) in [6.07, 6.45) is 1.09. The topological polar surface area (TPSA) is 67.2 Å². The quantitative estimate of drug-likeness (QED) is 0.826. The normalized spacial score (nSPS) is 10.0. The summed E-state index contributed by atoms with van der Waals surface area (Å²) in [7, 11) is 0. The Morgan fingerprint density at radius 3 is 3.00 bits per heavy atom. The zero-order valence-corrected chi connectivity index (χ0v) is 9.01. The van der Waals surface area contributed by atoms with E-state index in [0.29, 0.717) is 11.5 Å². The predicted molar refractivity (Wildman–Crippen MR) is 61.9 cm³/mol. The Hall–Kier alpha value is -2.37. The van der Waals surface area contributed by atoms with E-state index in [1.165, 1.54) is 6.07 Å². The third-order valence-corrected chi connectivity index (χ3v) is 2.08. The van der Waals surface area contributed by atoms with Crippen LogP contribution in [-0.2, 0) is 0 Å². The Balaban J connectivity index is 2.30. The monoisotopic (exact) mass is 232 g/mol. The van der Waals surface area contributed by atoms with Crippen LogP contribution in [0.5, 0.6) is 0 Å². The maximum atomic E-state index is 13.4. The number of hydrogen-bond acceptors (Lipinski definition) is 5. The first-order chi connectivity index (χ1) is 8.19. The van der Waals surface area contributed by atoms with Gasteiger partial charge in [-0.25, -0.2) is 14.4 Å². The van der Waals surface area contributed by atoms with Crippen LogP contribution in [0.4, 0.5) is 21.6 Å². The minimum atomic E-state index is -0.555. The standard InChI is InChI=1S/C11H9FN4O/c1-7-13-6-10(12)11(14-7)15-8-3-2-4-9(5-8)16-17/h2-6H,1H3,(H,13,14,15). The molecule has 86 valence electrons. The molecule has 0 bridgehead atoms. The molecule has 0 atom stereocenters. The Morgan fingerprint density at radius 1 is 1.41 bits per heavy atom. The van der Waals surface area contributed by atoms with Gasteiger partial charge in [0.25, 0.3) is 0 Å². The number of nitroso groups, excluding NO2 is 1. The largest absolute Gasteiger partial charge is 0.338 e. The van der Waals surface area contributed by atoms with Crippen molar-refractivity contribution in [1.29, 1.82) is 0 Å². The van der Waals surface area contributed by atoms with Gasteiger partial charge in [0.2, 0.25) is 0 Å². The minimum Gasteiger partial charge on any atom is -0.338 e. The van der Waals surface area contributed by atoms with Crippen molar-refractivity contribution in [2.45, 2.75) is 6.92 Å². The highest BCUT2D eigenvalue weighted by Crippen LogP contribution is 2.21. The molecule has 0 spiro atoms. The maximum absolute atomic E-state index is 13.4. The van der Waals surface area contributed by atoms with E-state index >= 15 is 0 Å². The van der Waals surface area contributed by atoms with Gasteiger partial charge in [0.15, 0.2) is 11.6 Å². The summed E-state index contributed by atoms with van der Waals surface area (Å²) in [5, 5.41) is 5.56. The number of aromatic nitrogens is 2. The first-order valence-corrected chi connectivity index (χ1v) is 4.88. The molecule has 0 unspecified atom stereocenters. The van der Waals surface area contributed by atoms with Crippen molar-refractivity contribution in [3.63, 3.8) is 0 Å². The first kappa shape index (κ1) is 11.1. The molecule has 6 heteroatoms. The van der Waals surface area contributed by atoms with Crippen LogP contribution in [0.3, 0.4) is 0 Å². The Labute approximate surface area is 96.7 Å². The molecule has 1 heterocycles. The van der Waals surface area contributed by atoms with Gasteiger partial charge in [0, 0.05) is 5.69 Å². The number of nitrogens with one attached hydrogen (secondary N) is 1. The Bertz CT molecular complexity index is 559. The van der Waals surface area contributed by atoms with E-state index in [0.717, 1.165) is 6.20 Å². The van der Waals surface area contributed by atoms with Gasteiger partial charge in [-0.05, 0) is 30.3 Å². The van der Waals surface area contributed by atoms with E-state index in [9.17, 15) is 9.30 Å². The molecule has 0 fully saturated rings. The highest BCUT2D eigenvalue weighted by Gasteiger charge is 2.05. The van der Waals surface area contributed by atoms with Crippen LogP contribution in [0.15, 0.2) is 35.6 Å². The van der Waals surface area contributed by atoms with Crippen LogP contribution < -0.4 is 5.32 Å². The summed E-state index contributed by atoms with van der Waals surface area (Å²) in [4.78, 5) is 18.0. The van der Waals surface area contributed by atoms with Gasteiger partial charge in [-0.15, -0.1) is 4.91 Å². The van der Waals surface area contributed by atoms with Crippen molar-refractivity contribution in [3.8, 4) is 0 Å². The lowest BCUT2D eigenvalue weighted by Crippen LogP contribution is -2.00. The fourth-order valence-corrected chi connectivity index (χ4v) is 1.32. The van der Waals surface area contributed by atoms with Gasteiger partial charge in [-0.1, -0.05) is 6.07 Å². The Morgan fingerprint density at radius 2 is 2.24 bits per heavy atom.